The standard InChI is InChI=1S/C44H28O9/c45-37-33-30(22-11-5-2-6-12-22)34-36(40(48)44(52)42(50)38(34)46)31(35(33)39(47)43(51)41(37)49)24-17-15-23(16-18-24)29-25(21-9-3-1-4-10-21)19-20-28-32(29)26-13-7-8-14-27(26)53-28/h1-20,45-52H. The number of hydrogen-bond donors (Lipinski definition) is 8. The maximum absolute atomic E-state index is 11.5. The van der Waals surface area contributed by atoms with Crippen molar-refractivity contribution in [2.24, 2.45) is 0 Å². The summed E-state index contributed by atoms with van der Waals surface area (Å²) in [4.78, 5) is 0. The lowest BCUT2D eigenvalue weighted by molar-refractivity contribution is 0.350. The van der Waals surface area contributed by atoms with E-state index in [4.69, 9.17) is 4.42 Å². The number of phenolic OH excluding ortho intramolecular Hbond substituents is 8. The van der Waals surface area contributed by atoms with Crippen molar-refractivity contribution < 1.29 is 45.3 Å². The van der Waals surface area contributed by atoms with E-state index in [2.05, 4.69) is 0 Å². The number of hydrogen-bond acceptors (Lipinski definition) is 9. The van der Waals surface area contributed by atoms with Crippen LogP contribution >= 0.6 is 0 Å². The number of rotatable bonds is 4. The fourth-order valence-electron chi connectivity index (χ4n) is 7.58. The first-order chi connectivity index (χ1) is 25.7. The fraction of sp³-hybridized carbons (Fsp3) is 0. The number of benzene rings is 8. The highest BCUT2D eigenvalue weighted by Gasteiger charge is 2.32. The molecule has 53 heavy (non-hydrogen) atoms. The Kier molecular flexibility index (Phi) is 6.83. The maximum Gasteiger partial charge on any atom is 0.204 e. The summed E-state index contributed by atoms with van der Waals surface area (Å²) in [6.07, 6.45) is 0. The lowest BCUT2D eigenvalue weighted by Gasteiger charge is -2.22. The van der Waals surface area contributed by atoms with Crippen molar-refractivity contribution in [1.82, 2.24) is 0 Å². The molecule has 0 aliphatic heterocycles. The van der Waals surface area contributed by atoms with Gasteiger partial charge in [-0.05, 0) is 39.9 Å². The van der Waals surface area contributed by atoms with Crippen LogP contribution in [-0.2, 0) is 0 Å². The summed E-state index contributed by atoms with van der Waals surface area (Å²) in [7, 11) is 0. The topological polar surface area (TPSA) is 175 Å². The van der Waals surface area contributed by atoms with Gasteiger partial charge in [0.05, 0.1) is 0 Å². The number of phenols is 8. The average Bonchev–Trinajstić information content (AvgIpc) is 3.58. The lowest BCUT2D eigenvalue weighted by Crippen LogP contribution is -1.95. The van der Waals surface area contributed by atoms with E-state index < -0.39 is 46.0 Å². The van der Waals surface area contributed by atoms with Crippen LogP contribution in [0, 0.1) is 0 Å². The van der Waals surface area contributed by atoms with Gasteiger partial charge in [0.15, 0.2) is 23.0 Å². The zero-order chi connectivity index (χ0) is 36.7. The maximum atomic E-state index is 11.5. The molecule has 8 aromatic carbocycles. The molecule has 9 nitrogen and oxygen atoms in total. The number of furan rings is 1. The van der Waals surface area contributed by atoms with E-state index >= 15 is 0 Å². The van der Waals surface area contributed by atoms with Crippen LogP contribution in [0.2, 0.25) is 0 Å². The second-order valence-corrected chi connectivity index (χ2v) is 12.8. The van der Waals surface area contributed by atoms with Gasteiger partial charge in [0.2, 0.25) is 23.0 Å². The van der Waals surface area contributed by atoms with E-state index in [9.17, 15) is 40.9 Å². The minimum Gasteiger partial charge on any atom is -0.504 e. The Labute approximate surface area is 300 Å². The van der Waals surface area contributed by atoms with Crippen molar-refractivity contribution in [3.63, 3.8) is 0 Å². The molecule has 0 fully saturated rings. The highest BCUT2D eigenvalue weighted by atomic mass is 16.4. The Bertz CT molecular complexity index is 2870. The molecule has 0 aliphatic rings. The molecule has 9 heteroatoms. The quantitative estimate of drug-likeness (QED) is 0.0504. The highest BCUT2D eigenvalue weighted by Crippen LogP contribution is 2.61. The van der Waals surface area contributed by atoms with E-state index in [-0.39, 0.29) is 32.7 Å². The van der Waals surface area contributed by atoms with Crippen molar-refractivity contribution in [1.29, 1.82) is 0 Å². The Morgan fingerprint density at radius 3 is 1.17 bits per heavy atom. The van der Waals surface area contributed by atoms with E-state index in [0.717, 1.165) is 38.6 Å². The van der Waals surface area contributed by atoms with Gasteiger partial charge in [-0.3, -0.25) is 0 Å². The Hall–Kier alpha value is -7.52. The summed E-state index contributed by atoms with van der Waals surface area (Å²) in [5.41, 5.74) is 5.60. The minimum absolute atomic E-state index is 0.00631. The first-order valence-electron chi connectivity index (χ1n) is 16.6. The van der Waals surface area contributed by atoms with Crippen LogP contribution in [0.25, 0.3) is 88.0 Å². The average molecular weight is 701 g/mol. The third kappa shape index (κ3) is 4.44. The molecule has 0 saturated carbocycles. The summed E-state index contributed by atoms with van der Waals surface area (Å²) in [5, 5.41) is 90.1. The Balaban J connectivity index is 1.41. The SMILES string of the molecule is Oc1c(O)c(O)c2c(-c3ccc(-c4c(-c5ccccc5)ccc5oc6ccccc6c45)cc3)c3c(O)c(O)c(O)c(O)c3c(-c3ccccc3)c2c1O. The van der Waals surface area contributed by atoms with Gasteiger partial charge in [0, 0.05) is 49.0 Å². The molecule has 8 N–H and O–H groups in total. The molecule has 0 saturated heterocycles. The van der Waals surface area contributed by atoms with Crippen LogP contribution < -0.4 is 0 Å². The highest BCUT2D eigenvalue weighted by molar-refractivity contribution is 6.29. The van der Waals surface area contributed by atoms with Crippen LogP contribution in [0.4, 0.5) is 0 Å². The van der Waals surface area contributed by atoms with Gasteiger partial charge >= 0.3 is 0 Å². The van der Waals surface area contributed by atoms with Crippen molar-refractivity contribution in [2.45, 2.75) is 0 Å². The van der Waals surface area contributed by atoms with Gasteiger partial charge in [0.25, 0.3) is 0 Å². The molecule has 0 aliphatic carbocycles. The Morgan fingerprint density at radius 1 is 0.283 bits per heavy atom. The van der Waals surface area contributed by atoms with Crippen molar-refractivity contribution in [3.8, 4) is 90.5 Å². The van der Waals surface area contributed by atoms with Crippen LogP contribution in [0.15, 0.2) is 126 Å². The summed E-state index contributed by atoms with van der Waals surface area (Å²) in [6, 6.07) is 36.9. The first-order valence-corrected chi connectivity index (χ1v) is 16.6. The molecule has 1 aromatic heterocycles. The summed E-state index contributed by atoms with van der Waals surface area (Å²) < 4.78 is 6.24. The monoisotopic (exact) mass is 700 g/mol. The lowest BCUT2D eigenvalue weighted by atomic mass is 9.83. The van der Waals surface area contributed by atoms with E-state index in [0.29, 0.717) is 16.7 Å². The van der Waals surface area contributed by atoms with Crippen LogP contribution in [0.1, 0.15) is 0 Å². The third-order valence-corrected chi connectivity index (χ3v) is 9.95. The predicted octanol–water partition coefficient (Wildman–Crippen LogP) is 10.2. The second kappa shape index (κ2) is 11.5. The zero-order valence-electron chi connectivity index (χ0n) is 27.5. The number of aromatic hydroxyl groups is 8. The van der Waals surface area contributed by atoms with E-state index in [1.165, 1.54) is 0 Å². The summed E-state index contributed by atoms with van der Waals surface area (Å²) in [5.74, 6) is -7.41. The molecule has 0 amide bonds. The predicted molar refractivity (Wildman–Crippen MR) is 204 cm³/mol. The molecule has 9 aromatic rings. The van der Waals surface area contributed by atoms with E-state index in [1.54, 1.807) is 42.5 Å². The number of para-hydroxylation sites is 1. The molecule has 0 atom stereocenters. The van der Waals surface area contributed by atoms with Gasteiger partial charge in [-0.25, -0.2) is 0 Å². The molecule has 1 heterocycles. The molecular weight excluding hydrogens is 672 g/mol. The second-order valence-electron chi connectivity index (χ2n) is 12.8. The molecule has 0 bridgehead atoms. The van der Waals surface area contributed by atoms with Crippen molar-refractivity contribution in [3.05, 3.63) is 121 Å². The van der Waals surface area contributed by atoms with Crippen LogP contribution in [0.3, 0.4) is 0 Å². The van der Waals surface area contributed by atoms with Crippen molar-refractivity contribution >= 4 is 43.5 Å². The van der Waals surface area contributed by atoms with Crippen molar-refractivity contribution in [2.75, 3.05) is 0 Å². The zero-order valence-corrected chi connectivity index (χ0v) is 27.5. The van der Waals surface area contributed by atoms with Gasteiger partial charge in [-0.1, -0.05) is 109 Å². The molecule has 0 spiro atoms. The molecular formula is C44H28O9. The summed E-state index contributed by atoms with van der Waals surface area (Å²) in [6.45, 7) is 0. The van der Waals surface area contributed by atoms with E-state index in [1.807, 2.05) is 78.9 Å². The molecule has 0 unspecified atom stereocenters. The third-order valence-electron chi connectivity index (χ3n) is 9.95. The molecule has 258 valence electrons. The normalized spacial score (nSPS) is 11.6. The van der Waals surface area contributed by atoms with Gasteiger partial charge in [-0.15, -0.1) is 0 Å². The largest absolute Gasteiger partial charge is 0.504 e. The molecule has 9 rings (SSSR count). The summed E-state index contributed by atoms with van der Waals surface area (Å²) >= 11 is 0. The Morgan fingerprint density at radius 2 is 0.679 bits per heavy atom. The molecule has 0 radical (unpaired) electrons. The van der Waals surface area contributed by atoms with Gasteiger partial charge < -0.3 is 45.3 Å². The minimum atomic E-state index is -1.02. The number of fused-ring (bicyclic) bond motifs is 5. The first kappa shape index (κ1) is 31.5. The van der Waals surface area contributed by atoms with Crippen LogP contribution in [0.5, 0.6) is 46.0 Å². The van der Waals surface area contributed by atoms with Crippen LogP contribution in [-0.4, -0.2) is 40.9 Å². The smallest absolute Gasteiger partial charge is 0.204 e. The fourth-order valence-corrected chi connectivity index (χ4v) is 7.58. The van der Waals surface area contributed by atoms with Gasteiger partial charge in [0.1, 0.15) is 11.2 Å². The van der Waals surface area contributed by atoms with Gasteiger partial charge in [-0.2, -0.15) is 0 Å².